The van der Waals surface area contributed by atoms with Crippen LogP contribution >= 0.6 is 0 Å². The van der Waals surface area contributed by atoms with E-state index in [2.05, 4.69) is 10.1 Å². The number of anilines is 1. The molecule has 1 amide bonds. The molecule has 0 saturated carbocycles. The zero-order chi connectivity index (χ0) is 13.4. The van der Waals surface area contributed by atoms with Crippen LogP contribution < -0.4 is 5.32 Å². The molecule has 0 spiro atoms. The van der Waals surface area contributed by atoms with E-state index in [0.717, 1.165) is 0 Å². The molecule has 1 rings (SSSR count). The summed E-state index contributed by atoms with van der Waals surface area (Å²) in [5, 5.41) is 2.31. The Balaban J connectivity index is 2.41. The average Bonchev–Trinajstić information content (AvgIpc) is 2.36. The Morgan fingerprint density at radius 1 is 1.39 bits per heavy atom. The Hall–Kier alpha value is -2.17. The van der Waals surface area contributed by atoms with E-state index < -0.39 is 24.3 Å². The number of carbonyl (C=O) groups is 2. The third-order valence-electron chi connectivity index (χ3n) is 1.98. The van der Waals surface area contributed by atoms with Gasteiger partial charge >= 0.3 is 5.97 Å². The number of amides is 1. The average molecular weight is 251 g/mol. The summed E-state index contributed by atoms with van der Waals surface area (Å²) in [6.07, 6.45) is 3.57. The molecule has 1 N–H and O–H groups in total. The van der Waals surface area contributed by atoms with Crippen molar-refractivity contribution >= 4 is 17.6 Å². The van der Waals surface area contributed by atoms with Gasteiger partial charge in [0.15, 0.2) is 6.61 Å². The SMILES string of the molecule is CC/C=C/C(=O)OCC(=O)Nc1ccccc1F. The lowest BCUT2D eigenvalue weighted by molar-refractivity contribution is -0.142. The summed E-state index contributed by atoms with van der Waals surface area (Å²) in [4.78, 5) is 22.4. The zero-order valence-corrected chi connectivity index (χ0v) is 9.98. The van der Waals surface area contributed by atoms with Gasteiger partial charge in [-0.2, -0.15) is 0 Å². The second-order valence-electron chi connectivity index (χ2n) is 3.45. The van der Waals surface area contributed by atoms with E-state index >= 15 is 0 Å². The third-order valence-corrected chi connectivity index (χ3v) is 1.98. The van der Waals surface area contributed by atoms with E-state index in [9.17, 15) is 14.0 Å². The molecule has 1 aromatic carbocycles. The predicted octanol–water partition coefficient (Wildman–Crippen LogP) is 2.27. The van der Waals surface area contributed by atoms with Crippen LogP contribution in [0.5, 0.6) is 0 Å². The van der Waals surface area contributed by atoms with Gasteiger partial charge in [0.2, 0.25) is 0 Å². The quantitative estimate of drug-likeness (QED) is 0.645. The van der Waals surface area contributed by atoms with Crippen molar-refractivity contribution < 1.29 is 18.7 Å². The molecule has 1 aromatic rings. The number of allylic oxidation sites excluding steroid dienone is 1. The van der Waals surface area contributed by atoms with E-state index in [4.69, 9.17) is 0 Å². The minimum absolute atomic E-state index is 0.0580. The Bertz CT molecular complexity index is 457. The van der Waals surface area contributed by atoms with Crippen LogP contribution in [0.1, 0.15) is 13.3 Å². The van der Waals surface area contributed by atoms with Crippen LogP contribution in [0, 0.1) is 5.82 Å². The van der Waals surface area contributed by atoms with Gasteiger partial charge in [0.25, 0.3) is 5.91 Å². The van der Waals surface area contributed by atoms with Crippen molar-refractivity contribution in [2.45, 2.75) is 13.3 Å². The molecule has 0 atom stereocenters. The lowest BCUT2D eigenvalue weighted by Gasteiger charge is -2.05. The maximum atomic E-state index is 13.2. The molecule has 18 heavy (non-hydrogen) atoms. The Labute approximate surface area is 104 Å². The highest BCUT2D eigenvalue weighted by atomic mass is 19.1. The molecule has 5 heteroatoms. The van der Waals surface area contributed by atoms with Crippen LogP contribution in [0.15, 0.2) is 36.4 Å². The van der Waals surface area contributed by atoms with Crippen molar-refractivity contribution in [3.8, 4) is 0 Å². The standard InChI is InChI=1S/C13H14FNO3/c1-2-3-8-13(17)18-9-12(16)15-11-7-5-4-6-10(11)14/h3-8H,2,9H2,1H3,(H,15,16)/b8-3+. The Kier molecular flexibility index (Phi) is 5.57. The second-order valence-corrected chi connectivity index (χ2v) is 3.45. The summed E-state index contributed by atoms with van der Waals surface area (Å²) < 4.78 is 17.8. The maximum absolute atomic E-state index is 13.2. The number of carbonyl (C=O) groups excluding carboxylic acids is 2. The fourth-order valence-corrected chi connectivity index (χ4v) is 1.15. The third kappa shape index (κ3) is 4.78. The van der Waals surface area contributed by atoms with E-state index in [1.54, 1.807) is 12.1 Å². The second kappa shape index (κ2) is 7.21. The molecule has 0 unspecified atom stereocenters. The lowest BCUT2D eigenvalue weighted by atomic mass is 10.3. The van der Waals surface area contributed by atoms with Gasteiger partial charge in [0.1, 0.15) is 5.82 Å². The molecule has 0 heterocycles. The summed E-state index contributed by atoms with van der Waals surface area (Å²) in [5.74, 6) is -1.72. The number of benzene rings is 1. The van der Waals surface area contributed by atoms with Crippen molar-refractivity contribution in [2.24, 2.45) is 0 Å². The monoisotopic (exact) mass is 251 g/mol. The van der Waals surface area contributed by atoms with Gasteiger partial charge in [0.05, 0.1) is 5.69 Å². The highest BCUT2D eigenvalue weighted by Gasteiger charge is 2.07. The van der Waals surface area contributed by atoms with Crippen LogP contribution in [-0.2, 0) is 14.3 Å². The molecule has 0 aliphatic heterocycles. The topological polar surface area (TPSA) is 55.4 Å². The van der Waals surface area contributed by atoms with Crippen molar-refractivity contribution in [1.29, 1.82) is 0 Å². The van der Waals surface area contributed by atoms with Crippen LogP contribution in [0.2, 0.25) is 0 Å². The summed E-state index contributed by atoms with van der Waals surface area (Å²) in [7, 11) is 0. The summed E-state index contributed by atoms with van der Waals surface area (Å²) >= 11 is 0. The van der Waals surface area contributed by atoms with E-state index in [1.165, 1.54) is 24.3 Å². The van der Waals surface area contributed by atoms with Crippen LogP contribution in [-0.4, -0.2) is 18.5 Å². The molecule has 4 nitrogen and oxygen atoms in total. The first-order valence-electron chi connectivity index (χ1n) is 5.51. The van der Waals surface area contributed by atoms with Gasteiger partial charge in [-0.05, 0) is 18.6 Å². The summed E-state index contributed by atoms with van der Waals surface area (Å²) in [6, 6.07) is 5.76. The predicted molar refractivity (Wildman–Crippen MR) is 65.4 cm³/mol. The number of rotatable bonds is 5. The number of para-hydroxylation sites is 1. The first kappa shape index (κ1) is 13.9. The molecule has 0 radical (unpaired) electrons. The number of nitrogens with one attached hydrogen (secondary N) is 1. The number of esters is 1. The van der Waals surface area contributed by atoms with Gasteiger partial charge < -0.3 is 10.1 Å². The minimum atomic E-state index is -0.597. The van der Waals surface area contributed by atoms with Gasteiger partial charge in [-0.15, -0.1) is 0 Å². The smallest absolute Gasteiger partial charge is 0.330 e. The van der Waals surface area contributed by atoms with Gasteiger partial charge in [-0.3, -0.25) is 4.79 Å². The maximum Gasteiger partial charge on any atom is 0.330 e. The van der Waals surface area contributed by atoms with Crippen LogP contribution in [0.4, 0.5) is 10.1 Å². The number of hydrogen-bond donors (Lipinski definition) is 1. The normalized spacial score (nSPS) is 10.3. The Morgan fingerprint density at radius 2 is 2.11 bits per heavy atom. The van der Waals surface area contributed by atoms with Crippen molar-refractivity contribution in [3.63, 3.8) is 0 Å². The van der Waals surface area contributed by atoms with Crippen LogP contribution in [0.25, 0.3) is 0 Å². The summed E-state index contributed by atoms with van der Waals surface area (Å²) in [6.45, 7) is 1.43. The van der Waals surface area contributed by atoms with E-state index in [-0.39, 0.29) is 5.69 Å². The molecule has 0 aliphatic carbocycles. The van der Waals surface area contributed by atoms with Crippen molar-refractivity contribution in [1.82, 2.24) is 0 Å². The highest BCUT2D eigenvalue weighted by molar-refractivity contribution is 5.93. The lowest BCUT2D eigenvalue weighted by Crippen LogP contribution is -2.20. The van der Waals surface area contributed by atoms with E-state index in [0.29, 0.717) is 6.42 Å². The molecule has 0 aromatic heterocycles. The van der Waals surface area contributed by atoms with Gasteiger partial charge in [-0.1, -0.05) is 25.1 Å². The van der Waals surface area contributed by atoms with Crippen LogP contribution in [0.3, 0.4) is 0 Å². The number of ether oxygens (including phenoxy) is 1. The number of halogens is 1. The largest absolute Gasteiger partial charge is 0.452 e. The molecular weight excluding hydrogens is 237 g/mol. The first-order valence-corrected chi connectivity index (χ1v) is 5.51. The minimum Gasteiger partial charge on any atom is -0.452 e. The fourth-order valence-electron chi connectivity index (χ4n) is 1.15. The van der Waals surface area contributed by atoms with Crippen molar-refractivity contribution in [2.75, 3.05) is 11.9 Å². The molecule has 0 bridgehead atoms. The molecular formula is C13H14FNO3. The van der Waals surface area contributed by atoms with E-state index in [1.807, 2.05) is 6.92 Å². The summed E-state index contributed by atoms with van der Waals surface area (Å²) in [5.41, 5.74) is 0.0580. The van der Waals surface area contributed by atoms with Gasteiger partial charge in [0, 0.05) is 6.08 Å². The van der Waals surface area contributed by atoms with Crippen molar-refractivity contribution in [3.05, 3.63) is 42.2 Å². The fraction of sp³-hybridized carbons (Fsp3) is 0.231. The highest BCUT2D eigenvalue weighted by Crippen LogP contribution is 2.11. The zero-order valence-electron chi connectivity index (χ0n) is 9.98. The van der Waals surface area contributed by atoms with Gasteiger partial charge in [-0.25, -0.2) is 9.18 Å². The first-order chi connectivity index (χ1) is 8.63. The molecule has 0 fully saturated rings. The molecule has 0 aliphatic rings. The Morgan fingerprint density at radius 3 is 2.78 bits per heavy atom. The molecule has 0 saturated heterocycles. The molecule has 96 valence electrons. The number of hydrogen-bond acceptors (Lipinski definition) is 3.